The number of carbonyl (C=O) groups is 1. The average Bonchev–Trinajstić information content (AvgIpc) is 2.47. The monoisotopic (exact) mass is 267 g/mol. The Morgan fingerprint density at radius 3 is 2.95 bits per heavy atom. The van der Waals surface area contributed by atoms with E-state index in [1.165, 1.54) is 6.08 Å². The quantitative estimate of drug-likeness (QED) is 0.659. The zero-order chi connectivity index (χ0) is 14.4. The number of nitrogens with one attached hydrogen (secondary N) is 1. The summed E-state index contributed by atoms with van der Waals surface area (Å²) in [5.74, 6) is -0.145. The predicted molar refractivity (Wildman–Crippen MR) is 80.7 cm³/mol. The van der Waals surface area contributed by atoms with E-state index in [4.69, 9.17) is 5.73 Å². The van der Waals surface area contributed by atoms with Crippen LogP contribution in [0.15, 0.2) is 48.8 Å². The minimum atomic E-state index is -0.145. The normalized spacial score (nSPS) is 10.7. The highest BCUT2D eigenvalue weighted by atomic mass is 16.1. The molecule has 102 valence electrons. The Morgan fingerprint density at radius 2 is 2.25 bits per heavy atom. The molecule has 0 bridgehead atoms. The summed E-state index contributed by atoms with van der Waals surface area (Å²) in [6.07, 6.45) is 6.67. The van der Waals surface area contributed by atoms with Crippen LogP contribution in [0.4, 0.5) is 5.69 Å². The van der Waals surface area contributed by atoms with Gasteiger partial charge in [-0.1, -0.05) is 18.2 Å². The number of rotatable bonds is 4. The molecule has 20 heavy (non-hydrogen) atoms. The van der Waals surface area contributed by atoms with E-state index >= 15 is 0 Å². The lowest BCUT2D eigenvalue weighted by molar-refractivity contribution is -0.116. The number of nitrogens with two attached hydrogens (primary N) is 1. The van der Waals surface area contributed by atoms with Gasteiger partial charge in [0.1, 0.15) is 0 Å². The number of benzene rings is 1. The minimum Gasteiger partial charge on any atom is -0.398 e. The van der Waals surface area contributed by atoms with Crippen LogP contribution in [0.3, 0.4) is 0 Å². The van der Waals surface area contributed by atoms with Crippen molar-refractivity contribution in [2.45, 2.75) is 13.5 Å². The van der Waals surface area contributed by atoms with Gasteiger partial charge in [0.2, 0.25) is 5.91 Å². The number of amides is 1. The van der Waals surface area contributed by atoms with Gasteiger partial charge >= 0.3 is 0 Å². The van der Waals surface area contributed by atoms with Gasteiger partial charge in [0.25, 0.3) is 0 Å². The first kappa shape index (κ1) is 13.8. The van der Waals surface area contributed by atoms with Crippen molar-refractivity contribution in [3.8, 4) is 0 Å². The van der Waals surface area contributed by atoms with Gasteiger partial charge in [-0.2, -0.15) is 0 Å². The van der Waals surface area contributed by atoms with Crippen LogP contribution in [0.5, 0.6) is 0 Å². The standard InChI is InChI=1S/C16H17N3O/c1-12-4-5-13(9-15(12)17)6-7-16(20)19-11-14-3-2-8-18-10-14/h2-10H,11,17H2,1H3,(H,19,20)/b7-6+. The second-order valence-corrected chi connectivity index (χ2v) is 4.53. The van der Waals surface area contributed by atoms with Crippen molar-refractivity contribution in [3.63, 3.8) is 0 Å². The zero-order valence-corrected chi connectivity index (χ0v) is 11.3. The van der Waals surface area contributed by atoms with E-state index in [9.17, 15) is 4.79 Å². The Balaban J connectivity index is 1.90. The van der Waals surface area contributed by atoms with Crippen molar-refractivity contribution in [1.82, 2.24) is 10.3 Å². The largest absolute Gasteiger partial charge is 0.398 e. The van der Waals surface area contributed by atoms with Crippen LogP contribution in [0.2, 0.25) is 0 Å². The molecule has 4 heteroatoms. The Hall–Kier alpha value is -2.62. The van der Waals surface area contributed by atoms with Gasteiger partial charge in [0.05, 0.1) is 0 Å². The van der Waals surface area contributed by atoms with E-state index < -0.39 is 0 Å². The van der Waals surface area contributed by atoms with Gasteiger partial charge in [-0.05, 0) is 41.8 Å². The Bertz CT molecular complexity index is 621. The van der Waals surface area contributed by atoms with Crippen LogP contribution in [0.25, 0.3) is 6.08 Å². The molecule has 1 aromatic heterocycles. The summed E-state index contributed by atoms with van der Waals surface area (Å²) in [6, 6.07) is 9.46. The van der Waals surface area contributed by atoms with Gasteiger partial charge in [-0.15, -0.1) is 0 Å². The molecule has 0 saturated heterocycles. The lowest BCUT2D eigenvalue weighted by atomic mass is 10.1. The maximum atomic E-state index is 11.7. The van der Waals surface area contributed by atoms with Crippen molar-refractivity contribution in [2.75, 3.05) is 5.73 Å². The van der Waals surface area contributed by atoms with Crippen molar-refractivity contribution >= 4 is 17.7 Å². The summed E-state index contributed by atoms with van der Waals surface area (Å²) in [5, 5.41) is 2.80. The molecule has 0 radical (unpaired) electrons. The lowest BCUT2D eigenvalue weighted by Crippen LogP contribution is -2.20. The molecule has 0 aliphatic heterocycles. The fourth-order valence-corrected chi connectivity index (χ4v) is 1.69. The highest BCUT2D eigenvalue weighted by Gasteiger charge is 1.98. The molecule has 4 nitrogen and oxygen atoms in total. The fraction of sp³-hybridized carbons (Fsp3) is 0.125. The summed E-state index contributed by atoms with van der Waals surface area (Å²) in [4.78, 5) is 15.7. The summed E-state index contributed by atoms with van der Waals surface area (Å²) >= 11 is 0. The van der Waals surface area contributed by atoms with Gasteiger partial charge < -0.3 is 11.1 Å². The molecule has 0 unspecified atom stereocenters. The molecular formula is C16H17N3O. The van der Waals surface area contributed by atoms with E-state index in [2.05, 4.69) is 10.3 Å². The van der Waals surface area contributed by atoms with E-state index in [1.807, 2.05) is 37.3 Å². The third kappa shape index (κ3) is 3.95. The number of hydrogen-bond acceptors (Lipinski definition) is 3. The van der Waals surface area contributed by atoms with E-state index in [0.29, 0.717) is 6.54 Å². The SMILES string of the molecule is Cc1ccc(/C=C/C(=O)NCc2cccnc2)cc1N. The van der Waals surface area contributed by atoms with E-state index in [1.54, 1.807) is 18.5 Å². The van der Waals surface area contributed by atoms with Gasteiger partial charge in [-0.3, -0.25) is 9.78 Å². The van der Waals surface area contributed by atoms with Gasteiger partial charge in [-0.25, -0.2) is 0 Å². The molecule has 1 aromatic carbocycles. The number of aromatic nitrogens is 1. The third-order valence-electron chi connectivity index (χ3n) is 2.92. The van der Waals surface area contributed by atoms with Crippen LogP contribution in [0.1, 0.15) is 16.7 Å². The van der Waals surface area contributed by atoms with Crippen molar-refractivity contribution in [2.24, 2.45) is 0 Å². The molecule has 2 aromatic rings. The Kier molecular flexibility index (Phi) is 4.50. The molecular weight excluding hydrogens is 250 g/mol. The maximum absolute atomic E-state index is 11.7. The van der Waals surface area contributed by atoms with Gasteiger partial charge in [0, 0.05) is 30.7 Å². The molecule has 1 heterocycles. The number of nitrogen functional groups attached to an aromatic ring is 1. The summed E-state index contributed by atoms with van der Waals surface area (Å²) in [6.45, 7) is 2.41. The van der Waals surface area contributed by atoms with Crippen LogP contribution in [-0.2, 0) is 11.3 Å². The lowest BCUT2D eigenvalue weighted by Gasteiger charge is -2.02. The number of aryl methyl sites for hydroxylation is 1. The van der Waals surface area contributed by atoms with E-state index in [0.717, 1.165) is 22.4 Å². The number of carbonyl (C=O) groups excluding carboxylic acids is 1. The number of pyridine rings is 1. The molecule has 0 atom stereocenters. The van der Waals surface area contributed by atoms with Crippen LogP contribution < -0.4 is 11.1 Å². The van der Waals surface area contributed by atoms with Crippen LogP contribution in [-0.4, -0.2) is 10.9 Å². The maximum Gasteiger partial charge on any atom is 0.244 e. The first-order valence-corrected chi connectivity index (χ1v) is 6.36. The highest BCUT2D eigenvalue weighted by Crippen LogP contribution is 2.13. The first-order chi connectivity index (χ1) is 9.65. The average molecular weight is 267 g/mol. The zero-order valence-electron chi connectivity index (χ0n) is 11.3. The van der Waals surface area contributed by atoms with Crippen molar-refractivity contribution in [3.05, 3.63) is 65.5 Å². The second kappa shape index (κ2) is 6.52. The van der Waals surface area contributed by atoms with Crippen LogP contribution >= 0.6 is 0 Å². The number of nitrogens with zero attached hydrogens (tertiary/aromatic N) is 1. The summed E-state index contributed by atoms with van der Waals surface area (Å²) < 4.78 is 0. The number of anilines is 1. The molecule has 1 amide bonds. The Morgan fingerprint density at radius 1 is 1.40 bits per heavy atom. The summed E-state index contributed by atoms with van der Waals surface area (Å²) in [5.41, 5.74) is 9.45. The Labute approximate surface area is 118 Å². The fourth-order valence-electron chi connectivity index (χ4n) is 1.69. The molecule has 0 fully saturated rings. The van der Waals surface area contributed by atoms with E-state index in [-0.39, 0.29) is 5.91 Å². The molecule has 0 spiro atoms. The molecule has 0 aliphatic carbocycles. The van der Waals surface area contributed by atoms with Crippen molar-refractivity contribution < 1.29 is 4.79 Å². The molecule has 3 N–H and O–H groups in total. The summed E-state index contributed by atoms with van der Waals surface area (Å²) in [7, 11) is 0. The predicted octanol–water partition coefficient (Wildman–Crippen LogP) is 2.30. The minimum absolute atomic E-state index is 0.145. The molecule has 0 saturated carbocycles. The first-order valence-electron chi connectivity index (χ1n) is 6.36. The molecule has 0 aliphatic rings. The highest BCUT2D eigenvalue weighted by molar-refractivity contribution is 5.91. The van der Waals surface area contributed by atoms with Crippen molar-refractivity contribution in [1.29, 1.82) is 0 Å². The molecule has 2 rings (SSSR count). The topological polar surface area (TPSA) is 68.0 Å². The van der Waals surface area contributed by atoms with Crippen LogP contribution in [0, 0.1) is 6.92 Å². The van der Waals surface area contributed by atoms with Gasteiger partial charge in [0.15, 0.2) is 0 Å². The smallest absolute Gasteiger partial charge is 0.244 e. The number of hydrogen-bond donors (Lipinski definition) is 2. The third-order valence-corrected chi connectivity index (χ3v) is 2.92. The second-order valence-electron chi connectivity index (χ2n) is 4.53.